The largest absolute Gasteiger partial charge is 0.462 e. The number of aryl methyl sites for hydroxylation is 1. The number of benzene rings is 1. The molecule has 0 atom stereocenters. The molecule has 122 valence electrons. The lowest BCUT2D eigenvalue weighted by Crippen LogP contribution is -2.21. The molecule has 1 amide bonds. The van der Waals surface area contributed by atoms with Gasteiger partial charge in [-0.1, -0.05) is 12.1 Å². The van der Waals surface area contributed by atoms with Crippen LogP contribution in [0.5, 0.6) is 0 Å². The zero-order chi connectivity index (χ0) is 16.7. The van der Waals surface area contributed by atoms with Gasteiger partial charge in [-0.2, -0.15) is 0 Å². The third kappa shape index (κ3) is 5.14. The van der Waals surface area contributed by atoms with Crippen molar-refractivity contribution in [2.75, 3.05) is 23.8 Å². The van der Waals surface area contributed by atoms with Crippen molar-refractivity contribution in [3.63, 3.8) is 0 Å². The summed E-state index contributed by atoms with van der Waals surface area (Å²) in [7, 11) is 0. The topological polar surface area (TPSA) is 93.5 Å². The van der Waals surface area contributed by atoms with E-state index in [-0.39, 0.29) is 18.4 Å². The highest BCUT2D eigenvalue weighted by Gasteiger charge is 2.08. The molecule has 7 heteroatoms. The van der Waals surface area contributed by atoms with E-state index < -0.39 is 0 Å². The Morgan fingerprint density at radius 1 is 1.26 bits per heavy atom. The first-order chi connectivity index (χ1) is 11.1. The van der Waals surface area contributed by atoms with E-state index >= 15 is 0 Å². The van der Waals surface area contributed by atoms with Crippen LogP contribution >= 0.6 is 0 Å². The fourth-order valence-electron chi connectivity index (χ4n) is 1.80. The number of carbonyl (C=O) groups is 2. The zero-order valence-electron chi connectivity index (χ0n) is 13.1. The quantitative estimate of drug-likeness (QED) is 0.762. The normalized spacial score (nSPS) is 10.2. The van der Waals surface area contributed by atoms with Crippen LogP contribution in [0.2, 0.25) is 0 Å². The van der Waals surface area contributed by atoms with Gasteiger partial charge in [0.25, 0.3) is 0 Å². The number of anilines is 2. The predicted octanol–water partition coefficient (Wildman–Crippen LogP) is 2.60. The highest BCUT2D eigenvalue weighted by Crippen LogP contribution is 2.11. The molecule has 0 bridgehead atoms. The number of hydrogen-bond donors (Lipinski definition) is 2. The first-order valence-electron chi connectivity index (χ1n) is 7.32. The number of aromatic nitrogens is 1. The van der Waals surface area contributed by atoms with Crippen LogP contribution in [-0.2, 0) is 9.53 Å². The average molecular weight is 317 g/mol. The van der Waals surface area contributed by atoms with Crippen LogP contribution in [0.4, 0.5) is 11.5 Å². The molecule has 0 fully saturated rings. The molecule has 2 aromatic rings. The maximum Gasteiger partial charge on any atom is 0.338 e. The molecular formula is C16H19N3O4. The lowest BCUT2D eigenvalue weighted by atomic mass is 10.2. The number of hydrogen-bond acceptors (Lipinski definition) is 6. The molecule has 2 N–H and O–H groups in total. The summed E-state index contributed by atoms with van der Waals surface area (Å²) in [6.07, 6.45) is 0.783. The first kappa shape index (κ1) is 16.5. The minimum absolute atomic E-state index is 0.0749. The Bertz CT molecular complexity index is 664. The van der Waals surface area contributed by atoms with E-state index in [4.69, 9.17) is 9.26 Å². The van der Waals surface area contributed by atoms with Crippen molar-refractivity contribution in [2.24, 2.45) is 0 Å². The van der Waals surface area contributed by atoms with Crippen molar-refractivity contribution in [3.8, 4) is 0 Å². The molecule has 23 heavy (non-hydrogen) atoms. The molecular weight excluding hydrogens is 298 g/mol. The molecule has 0 radical (unpaired) electrons. The smallest absolute Gasteiger partial charge is 0.338 e. The number of carbonyl (C=O) groups excluding carboxylic acids is 2. The van der Waals surface area contributed by atoms with E-state index in [2.05, 4.69) is 15.8 Å². The minimum atomic E-state index is -0.349. The number of ether oxygens (including phenoxy) is 1. The Morgan fingerprint density at radius 2 is 2.00 bits per heavy atom. The molecule has 1 aromatic carbocycles. The lowest BCUT2D eigenvalue weighted by Gasteiger charge is -2.07. The van der Waals surface area contributed by atoms with E-state index in [1.54, 1.807) is 37.3 Å². The molecule has 1 heterocycles. The Kier molecular flexibility index (Phi) is 5.74. The van der Waals surface area contributed by atoms with Gasteiger partial charge in [0.1, 0.15) is 5.76 Å². The van der Waals surface area contributed by atoms with Crippen LogP contribution in [0.1, 0.15) is 29.5 Å². The number of nitrogens with zero attached hydrogens (tertiary/aromatic N) is 1. The fraction of sp³-hybridized carbons (Fsp3) is 0.312. The van der Waals surface area contributed by atoms with Crippen molar-refractivity contribution < 1.29 is 18.8 Å². The van der Waals surface area contributed by atoms with Gasteiger partial charge in [0.2, 0.25) is 5.91 Å². The molecule has 1 aromatic heterocycles. The molecule has 0 unspecified atom stereocenters. The second-order valence-corrected chi connectivity index (χ2v) is 4.94. The summed E-state index contributed by atoms with van der Waals surface area (Å²) in [6.45, 7) is 4.16. The van der Waals surface area contributed by atoms with Gasteiger partial charge in [-0.15, -0.1) is 0 Å². The van der Waals surface area contributed by atoms with Gasteiger partial charge in [-0.25, -0.2) is 4.79 Å². The lowest BCUT2D eigenvalue weighted by molar-refractivity contribution is -0.114. The summed E-state index contributed by atoms with van der Waals surface area (Å²) in [4.78, 5) is 23.4. The number of amides is 1. The van der Waals surface area contributed by atoms with Crippen LogP contribution in [0.15, 0.2) is 34.9 Å². The molecule has 0 saturated heterocycles. The van der Waals surface area contributed by atoms with E-state index in [9.17, 15) is 9.59 Å². The summed E-state index contributed by atoms with van der Waals surface area (Å²) in [5.74, 6) is 0.407. The van der Waals surface area contributed by atoms with Crippen molar-refractivity contribution in [2.45, 2.75) is 20.3 Å². The molecule has 0 aliphatic carbocycles. The Hall–Kier alpha value is -2.83. The van der Waals surface area contributed by atoms with Gasteiger partial charge in [-0.05, 0) is 37.6 Å². The summed E-state index contributed by atoms with van der Waals surface area (Å²) < 4.78 is 9.91. The molecule has 0 aliphatic rings. The molecule has 7 nitrogen and oxygen atoms in total. The number of esters is 1. The third-order valence-electron chi connectivity index (χ3n) is 2.91. The second-order valence-electron chi connectivity index (χ2n) is 4.94. The van der Waals surface area contributed by atoms with Gasteiger partial charge in [0.05, 0.1) is 18.7 Å². The van der Waals surface area contributed by atoms with Crippen LogP contribution < -0.4 is 10.6 Å². The zero-order valence-corrected chi connectivity index (χ0v) is 13.1. The highest BCUT2D eigenvalue weighted by atomic mass is 16.5. The first-order valence-corrected chi connectivity index (χ1v) is 7.32. The highest BCUT2D eigenvalue weighted by molar-refractivity contribution is 5.93. The third-order valence-corrected chi connectivity index (χ3v) is 2.91. The minimum Gasteiger partial charge on any atom is -0.462 e. The van der Waals surface area contributed by atoms with Gasteiger partial charge in [0, 0.05) is 11.8 Å². The van der Waals surface area contributed by atoms with Crippen molar-refractivity contribution in [1.29, 1.82) is 0 Å². The second kappa shape index (κ2) is 7.98. The maximum absolute atomic E-state index is 11.8. The van der Waals surface area contributed by atoms with Crippen LogP contribution in [0, 0.1) is 6.92 Å². The SMILES string of the molecule is CCCOC(=O)c1ccc(NCC(=O)Nc2cc(C)on2)cc1. The maximum atomic E-state index is 11.8. The van der Waals surface area contributed by atoms with Crippen LogP contribution in [-0.4, -0.2) is 30.2 Å². The van der Waals surface area contributed by atoms with Crippen molar-refractivity contribution >= 4 is 23.4 Å². The fourth-order valence-corrected chi connectivity index (χ4v) is 1.80. The van der Waals surface area contributed by atoms with Crippen molar-refractivity contribution in [1.82, 2.24) is 5.16 Å². The molecule has 0 spiro atoms. The van der Waals surface area contributed by atoms with Gasteiger partial charge >= 0.3 is 5.97 Å². The van der Waals surface area contributed by atoms with E-state index in [1.807, 2.05) is 6.92 Å². The number of nitrogens with one attached hydrogen (secondary N) is 2. The van der Waals surface area contributed by atoms with Crippen molar-refractivity contribution in [3.05, 3.63) is 41.7 Å². The average Bonchev–Trinajstić information content (AvgIpc) is 2.96. The standard InChI is InChI=1S/C16H19N3O4/c1-3-8-22-16(21)12-4-6-13(7-5-12)17-10-15(20)18-14-9-11(2)23-19-14/h4-7,9,17H,3,8,10H2,1-2H3,(H,18,19,20). The van der Waals surface area contributed by atoms with E-state index in [1.165, 1.54) is 0 Å². The molecule has 0 aliphatic heterocycles. The van der Waals surface area contributed by atoms with Crippen LogP contribution in [0.25, 0.3) is 0 Å². The van der Waals surface area contributed by atoms with Gasteiger partial charge in [-0.3, -0.25) is 4.79 Å². The Morgan fingerprint density at radius 3 is 2.61 bits per heavy atom. The Labute approximate surface area is 134 Å². The molecule has 2 rings (SSSR count). The van der Waals surface area contributed by atoms with Crippen LogP contribution in [0.3, 0.4) is 0 Å². The molecule has 0 saturated carbocycles. The van der Waals surface area contributed by atoms with Gasteiger partial charge in [0.15, 0.2) is 5.82 Å². The summed E-state index contributed by atoms with van der Waals surface area (Å²) in [5.41, 5.74) is 1.20. The monoisotopic (exact) mass is 317 g/mol. The van der Waals surface area contributed by atoms with Gasteiger partial charge < -0.3 is 19.9 Å². The number of rotatable bonds is 7. The Balaban J connectivity index is 1.81. The van der Waals surface area contributed by atoms with E-state index in [0.29, 0.717) is 23.7 Å². The predicted molar refractivity (Wildman–Crippen MR) is 85.4 cm³/mol. The van der Waals surface area contributed by atoms with E-state index in [0.717, 1.165) is 12.1 Å². The summed E-state index contributed by atoms with van der Waals surface area (Å²) in [6, 6.07) is 8.37. The summed E-state index contributed by atoms with van der Waals surface area (Å²) >= 11 is 0. The summed E-state index contributed by atoms with van der Waals surface area (Å²) in [5, 5.41) is 9.24.